The molecule has 1 N–H and O–H groups in total. The zero-order valence-electron chi connectivity index (χ0n) is 12.3. The molecule has 0 spiro atoms. The smallest absolute Gasteiger partial charge is 0.129 e. The highest BCUT2D eigenvalue weighted by molar-refractivity contribution is 5.81. The van der Waals surface area contributed by atoms with Gasteiger partial charge in [0.15, 0.2) is 0 Å². The van der Waals surface area contributed by atoms with Crippen LogP contribution in [-0.2, 0) is 6.54 Å². The lowest BCUT2D eigenvalue weighted by Crippen LogP contribution is -2.04. The number of rotatable bonds is 4. The summed E-state index contributed by atoms with van der Waals surface area (Å²) in [7, 11) is 1.69. The first-order valence-electron chi connectivity index (χ1n) is 7.00. The Morgan fingerprint density at radius 3 is 2.67 bits per heavy atom. The van der Waals surface area contributed by atoms with Crippen LogP contribution in [-0.4, -0.2) is 12.1 Å². The fraction of sp³-hybridized carbons (Fsp3) is 0.167. The molecule has 0 aliphatic rings. The lowest BCUT2D eigenvalue weighted by molar-refractivity contribution is 0.410. The van der Waals surface area contributed by atoms with E-state index in [4.69, 9.17) is 9.72 Å². The summed E-state index contributed by atoms with van der Waals surface area (Å²) in [4.78, 5) is 4.69. The van der Waals surface area contributed by atoms with Crippen LogP contribution >= 0.6 is 0 Å². The number of nitrogens with zero attached hydrogens (tertiary/aromatic N) is 1. The van der Waals surface area contributed by atoms with Gasteiger partial charge in [0.25, 0.3) is 0 Å². The number of methoxy groups -OCH3 is 1. The van der Waals surface area contributed by atoms with Crippen LogP contribution in [0.5, 0.6) is 5.75 Å². The number of para-hydroxylation sites is 2. The third-order valence-corrected chi connectivity index (χ3v) is 3.55. The van der Waals surface area contributed by atoms with Crippen LogP contribution in [0.3, 0.4) is 0 Å². The Labute approximate surface area is 124 Å². The first kappa shape index (κ1) is 13.4. The minimum Gasteiger partial charge on any atom is -0.496 e. The molecule has 3 heteroatoms. The molecule has 0 atom stereocenters. The Bertz CT molecular complexity index is 768. The zero-order chi connectivity index (χ0) is 14.7. The Balaban J connectivity index is 1.86. The highest BCUT2D eigenvalue weighted by atomic mass is 16.5. The average Bonchev–Trinajstić information content (AvgIpc) is 2.53. The van der Waals surface area contributed by atoms with E-state index >= 15 is 0 Å². The largest absolute Gasteiger partial charge is 0.496 e. The van der Waals surface area contributed by atoms with Gasteiger partial charge in [0.1, 0.15) is 11.6 Å². The predicted molar refractivity (Wildman–Crippen MR) is 86.8 cm³/mol. The van der Waals surface area contributed by atoms with Crippen LogP contribution in [0, 0.1) is 6.92 Å². The van der Waals surface area contributed by atoms with Crippen LogP contribution in [0.25, 0.3) is 10.9 Å². The maximum atomic E-state index is 5.37. The lowest BCUT2D eigenvalue weighted by Gasteiger charge is -2.12. The second-order valence-corrected chi connectivity index (χ2v) is 5.01. The van der Waals surface area contributed by atoms with Crippen LogP contribution in [0.15, 0.2) is 54.6 Å². The molecule has 0 unspecified atom stereocenters. The quantitative estimate of drug-likeness (QED) is 0.778. The topological polar surface area (TPSA) is 34.1 Å². The van der Waals surface area contributed by atoms with Crippen molar-refractivity contribution in [2.75, 3.05) is 12.4 Å². The van der Waals surface area contributed by atoms with Crippen molar-refractivity contribution >= 4 is 16.7 Å². The van der Waals surface area contributed by atoms with Gasteiger partial charge in [-0.05, 0) is 30.7 Å². The van der Waals surface area contributed by atoms with Gasteiger partial charge in [0.2, 0.25) is 0 Å². The number of benzene rings is 2. The number of pyridine rings is 1. The summed E-state index contributed by atoms with van der Waals surface area (Å²) in [5.41, 5.74) is 3.27. The standard InChI is InChI=1S/C18H18N2O/c1-13-11-14-7-3-5-9-16(14)20-18(13)19-12-15-8-4-6-10-17(15)21-2/h3-11H,12H2,1-2H3,(H,19,20). The van der Waals surface area contributed by atoms with Crippen molar-refractivity contribution in [1.82, 2.24) is 4.98 Å². The van der Waals surface area contributed by atoms with Crippen LogP contribution in [0.2, 0.25) is 0 Å². The van der Waals surface area contributed by atoms with Crippen molar-refractivity contribution in [3.8, 4) is 5.75 Å². The van der Waals surface area contributed by atoms with Crippen LogP contribution in [0.4, 0.5) is 5.82 Å². The van der Waals surface area contributed by atoms with E-state index in [0.29, 0.717) is 6.54 Å². The molecule has 3 nitrogen and oxygen atoms in total. The second-order valence-electron chi connectivity index (χ2n) is 5.01. The number of ether oxygens (including phenoxy) is 1. The molecule has 0 fully saturated rings. The minimum atomic E-state index is 0.691. The first-order chi connectivity index (χ1) is 10.3. The van der Waals surface area contributed by atoms with E-state index in [0.717, 1.165) is 33.6 Å². The van der Waals surface area contributed by atoms with E-state index in [1.807, 2.05) is 36.4 Å². The Morgan fingerprint density at radius 2 is 1.81 bits per heavy atom. The van der Waals surface area contributed by atoms with E-state index in [2.05, 4.69) is 30.4 Å². The van der Waals surface area contributed by atoms with Gasteiger partial charge in [0, 0.05) is 17.5 Å². The summed E-state index contributed by atoms with van der Waals surface area (Å²) in [6.45, 7) is 2.76. The summed E-state index contributed by atoms with van der Waals surface area (Å²) in [5.74, 6) is 1.81. The normalized spacial score (nSPS) is 10.6. The molecule has 0 saturated carbocycles. The molecule has 0 amide bonds. The van der Waals surface area contributed by atoms with Gasteiger partial charge in [-0.2, -0.15) is 0 Å². The summed E-state index contributed by atoms with van der Waals surface area (Å²) >= 11 is 0. The molecule has 2 aromatic carbocycles. The fourth-order valence-electron chi connectivity index (χ4n) is 2.43. The van der Waals surface area contributed by atoms with E-state index in [1.54, 1.807) is 7.11 Å². The van der Waals surface area contributed by atoms with E-state index in [-0.39, 0.29) is 0 Å². The molecule has 21 heavy (non-hydrogen) atoms. The summed E-state index contributed by atoms with van der Waals surface area (Å²) in [5, 5.41) is 4.57. The highest BCUT2D eigenvalue weighted by Gasteiger charge is 2.05. The number of hydrogen-bond donors (Lipinski definition) is 1. The molecule has 0 aliphatic carbocycles. The van der Waals surface area contributed by atoms with Gasteiger partial charge in [-0.3, -0.25) is 0 Å². The van der Waals surface area contributed by atoms with Gasteiger partial charge < -0.3 is 10.1 Å². The molecule has 3 aromatic rings. The minimum absolute atomic E-state index is 0.691. The van der Waals surface area contributed by atoms with Crippen molar-refractivity contribution in [2.24, 2.45) is 0 Å². The third kappa shape index (κ3) is 2.82. The van der Waals surface area contributed by atoms with Gasteiger partial charge in [0.05, 0.1) is 12.6 Å². The molecular weight excluding hydrogens is 260 g/mol. The van der Waals surface area contributed by atoms with Crippen molar-refractivity contribution in [1.29, 1.82) is 0 Å². The molecule has 0 aliphatic heterocycles. The van der Waals surface area contributed by atoms with Gasteiger partial charge in [-0.25, -0.2) is 4.98 Å². The van der Waals surface area contributed by atoms with E-state index in [9.17, 15) is 0 Å². The van der Waals surface area contributed by atoms with E-state index in [1.165, 1.54) is 0 Å². The van der Waals surface area contributed by atoms with Crippen LogP contribution < -0.4 is 10.1 Å². The molecule has 1 heterocycles. The van der Waals surface area contributed by atoms with Gasteiger partial charge in [-0.15, -0.1) is 0 Å². The Kier molecular flexibility index (Phi) is 3.73. The molecule has 0 bridgehead atoms. The molecule has 0 radical (unpaired) electrons. The monoisotopic (exact) mass is 278 g/mol. The number of aromatic nitrogens is 1. The SMILES string of the molecule is COc1ccccc1CNc1nc2ccccc2cc1C. The molecule has 1 aromatic heterocycles. The third-order valence-electron chi connectivity index (χ3n) is 3.55. The number of nitrogens with one attached hydrogen (secondary N) is 1. The first-order valence-corrected chi connectivity index (χ1v) is 7.00. The molecule has 3 rings (SSSR count). The van der Waals surface area contributed by atoms with Crippen molar-refractivity contribution in [3.05, 3.63) is 65.7 Å². The zero-order valence-corrected chi connectivity index (χ0v) is 12.3. The number of aryl methyl sites for hydroxylation is 1. The van der Waals surface area contributed by atoms with Gasteiger partial charge in [-0.1, -0.05) is 36.4 Å². The summed E-state index contributed by atoms with van der Waals surface area (Å²) in [6, 6.07) is 18.3. The van der Waals surface area contributed by atoms with E-state index < -0.39 is 0 Å². The summed E-state index contributed by atoms with van der Waals surface area (Å²) in [6.07, 6.45) is 0. The number of anilines is 1. The molecular formula is C18H18N2O. The molecule has 0 saturated heterocycles. The number of fused-ring (bicyclic) bond motifs is 1. The predicted octanol–water partition coefficient (Wildman–Crippen LogP) is 4.16. The van der Waals surface area contributed by atoms with Gasteiger partial charge >= 0.3 is 0 Å². The Morgan fingerprint density at radius 1 is 1.05 bits per heavy atom. The van der Waals surface area contributed by atoms with Crippen molar-refractivity contribution in [2.45, 2.75) is 13.5 Å². The van der Waals surface area contributed by atoms with Crippen LogP contribution in [0.1, 0.15) is 11.1 Å². The average molecular weight is 278 g/mol. The Hall–Kier alpha value is -2.55. The molecule has 106 valence electrons. The fourth-order valence-corrected chi connectivity index (χ4v) is 2.43. The lowest BCUT2D eigenvalue weighted by atomic mass is 10.1. The van der Waals surface area contributed by atoms with Crippen molar-refractivity contribution < 1.29 is 4.74 Å². The maximum absolute atomic E-state index is 5.37. The second kappa shape index (κ2) is 5.83. The maximum Gasteiger partial charge on any atom is 0.129 e. The van der Waals surface area contributed by atoms with Crippen molar-refractivity contribution in [3.63, 3.8) is 0 Å². The highest BCUT2D eigenvalue weighted by Crippen LogP contribution is 2.22. The summed E-state index contributed by atoms with van der Waals surface area (Å²) < 4.78 is 5.37. The number of hydrogen-bond acceptors (Lipinski definition) is 3.